The Morgan fingerprint density at radius 2 is 1.72 bits per heavy atom. The third-order valence-corrected chi connectivity index (χ3v) is 7.24. The molecule has 3 heterocycles. The molecule has 0 saturated carbocycles. The van der Waals surface area contributed by atoms with Crippen molar-refractivity contribution in [1.82, 2.24) is 9.29 Å². The normalized spacial score (nSPS) is 16.6. The van der Waals surface area contributed by atoms with E-state index in [9.17, 15) is 13.2 Å². The van der Waals surface area contributed by atoms with Crippen molar-refractivity contribution >= 4 is 32.1 Å². The predicted molar refractivity (Wildman–Crippen MR) is 107 cm³/mol. The number of nitrogens with zero attached hydrogens (tertiary/aromatic N) is 2. The number of hydrogen-bond donors (Lipinski definition) is 0. The molecule has 8 heteroatoms. The van der Waals surface area contributed by atoms with Gasteiger partial charge in [-0.25, -0.2) is 18.2 Å². The number of oxazole rings is 1. The van der Waals surface area contributed by atoms with Crippen molar-refractivity contribution in [3.8, 4) is 0 Å². The standard InChI is InChI=1S/C21H18N2O5S/c24-20-8-5-15-13-16(6-7-18(15)27-20)29(25,26)23-11-9-14(10-12-23)21-22-17-3-1-2-4-19(17)28-21/h1-8,13-14H,9-12H2. The summed E-state index contributed by atoms with van der Waals surface area (Å²) in [5.74, 6) is 0.767. The Bertz CT molecular complexity index is 1330. The average molecular weight is 410 g/mol. The molecule has 0 radical (unpaired) electrons. The number of fused-ring (bicyclic) bond motifs is 2. The molecule has 0 atom stereocenters. The van der Waals surface area contributed by atoms with Crippen molar-refractivity contribution in [2.24, 2.45) is 0 Å². The van der Waals surface area contributed by atoms with Gasteiger partial charge in [-0.1, -0.05) is 12.1 Å². The van der Waals surface area contributed by atoms with Crippen LogP contribution in [-0.4, -0.2) is 30.8 Å². The molecule has 29 heavy (non-hydrogen) atoms. The van der Waals surface area contributed by atoms with Crippen LogP contribution < -0.4 is 5.63 Å². The van der Waals surface area contributed by atoms with E-state index in [1.54, 1.807) is 12.1 Å². The second kappa shape index (κ2) is 6.82. The van der Waals surface area contributed by atoms with Gasteiger partial charge in [0.05, 0.1) is 4.90 Å². The van der Waals surface area contributed by atoms with Crippen molar-refractivity contribution in [2.75, 3.05) is 13.1 Å². The maximum absolute atomic E-state index is 13.1. The topological polar surface area (TPSA) is 93.6 Å². The number of para-hydroxylation sites is 2. The summed E-state index contributed by atoms with van der Waals surface area (Å²) in [6.45, 7) is 0.793. The Morgan fingerprint density at radius 3 is 2.52 bits per heavy atom. The van der Waals surface area contributed by atoms with Crippen LogP contribution in [0.4, 0.5) is 0 Å². The lowest BCUT2D eigenvalue weighted by Gasteiger charge is -2.29. The van der Waals surface area contributed by atoms with Gasteiger partial charge in [-0.05, 0) is 49.2 Å². The fourth-order valence-electron chi connectivity index (χ4n) is 3.77. The van der Waals surface area contributed by atoms with Crippen LogP contribution >= 0.6 is 0 Å². The zero-order valence-corrected chi connectivity index (χ0v) is 16.3. The SMILES string of the molecule is O=c1ccc2cc(S(=O)(=O)N3CCC(c4nc5ccccc5o4)CC3)ccc2o1. The predicted octanol–water partition coefficient (Wildman–Crippen LogP) is 3.50. The highest BCUT2D eigenvalue weighted by Gasteiger charge is 2.32. The Kier molecular flexibility index (Phi) is 4.25. The van der Waals surface area contributed by atoms with E-state index in [4.69, 9.17) is 8.83 Å². The van der Waals surface area contributed by atoms with E-state index in [-0.39, 0.29) is 10.8 Å². The molecule has 0 N–H and O–H groups in total. The van der Waals surface area contributed by atoms with E-state index in [1.165, 1.54) is 22.5 Å². The molecule has 5 rings (SSSR count). The minimum absolute atomic E-state index is 0.0970. The molecular formula is C21H18N2O5S. The summed E-state index contributed by atoms with van der Waals surface area (Å²) < 4.78 is 38.6. The van der Waals surface area contributed by atoms with Crippen molar-refractivity contribution in [3.63, 3.8) is 0 Å². The smallest absolute Gasteiger partial charge is 0.336 e. The lowest BCUT2D eigenvalue weighted by Crippen LogP contribution is -2.37. The van der Waals surface area contributed by atoms with Gasteiger partial charge in [-0.3, -0.25) is 0 Å². The Labute approximate surface area is 166 Å². The van der Waals surface area contributed by atoms with Crippen LogP contribution in [0.25, 0.3) is 22.1 Å². The molecule has 1 saturated heterocycles. The fraction of sp³-hybridized carbons (Fsp3) is 0.238. The maximum atomic E-state index is 13.1. The summed E-state index contributed by atoms with van der Waals surface area (Å²) in [6, 6.07) is 15.0. The molecule has 4 aromatic rings. The van der Waals surface area contributed by atoms with Gasteiger partial charge >= 0.3 is 5.63 Å². The second-order valence-electron chi connectivity index (χ2n) is 7.15. The van der Waals surface area contributed by atoms with Gasteiger partial charge in [0.2, 0.25) is 10.0 Å². The van der Waals surface area contributed by atoms with E-state index < -0.39 is 15.6 Å². The summed E-state index contributed by atoms with van der Waals surface area (Å²) in [5.41, 5.74) is 1.47. The molecule has 0 bridgehead atoms. The van der Waals surface area contributed by atoms with Crippen LogP contribution in [0, 0.1) is 0 Å². The molecule has 2 aromatic heterocycles. The second-order valence-corrected chi connectivity index (χ2v) is 9.09. The first-order chi connectivity index (χ1) is 14.0. The van der Waals surface area contributed by atoms with Crippen LogP contribution in [0.5, 0.6) is 0 Å². The largest absolute Gasteiger partial charge is 0.440 e. The minimum atomic E-state index is -3.63. The molecule has 1 aliphatic heterocycles. The highest BCUT2D eigenvalue weighted by atomic mass is 32.2. The van der Waals surface area contributed by atoms with E-state index in [0.29, 0.717) is 42.8 Å². The third kappa shape index (κ3) is 3.24. The first-order valence-electron chi connectivity index (χ1n) is 9.40. The number of benzene rings is 2. The van der Waals surface area contributed by atoms with Gasteiger partial charge in [0.1, 0.15) is 11.1 Å². The zero-order chi connectivity index (χ0) is 20.0. The van der Waals surface area contributed by atoms with E-state index >= 15 is 0 Å². The molecule has 148 valence electrons. The quantitative estimate of drug-likeness (QED) is 0.480. The van der Waals surface area contributed by atoms with Crippen LogP contribution in [-0.2, 0) is 10.0 Å². The molecule has 1 fully saturated rings. The summed E-state index contributed by atoms with van der Waals surface area (Å²) in [6.07, 6.45) is 1.29. The monoisotopic (exact) mass is 410 g/mol. The summed E-state index contributed by atoms with van der Waals surface area (Å²) >= 11 is 0. The van der Waals surface area contributed by atoms with Gasteiger partial charge in [-0.15, -0.1) is 0 Å². The lowest BCUT2D eigenvalue weighted by molar-refractivity contribution is 0.293. The van der Waals surface area contributed by atoms with Crippen molar-refractivity contribution in [1.29, 1.82) is 0 Å². The number of sulfonamides is 1. The van der Waals surface area contributed by atoms with Crippen molar-refractivity contribution < 1.29 is 17.3 Å². The molecule has 0 unspecified atom stereocenters. The molecule has 0 spiro atoms. The molecule has 1 aliphatic rings. The number of rotatable bonds is 3. The first-order valence-corrected chi connectivity index (χ1v) is 10.8. The number of hydrogen-bond acceptors (Lipinski definition) is 6. The number of piperidine rings is 1. The fourth-order valence-corrected chi connectivity index (χ4v) is 5.27. The van der Waals surface area contributed by atoms with Gasteiger partial charge in [0, 0.05) is 30.5 Å². The summed E-state index contributed by atoms with van der Waals surface area (Å²) in [7, 11) is -3.63. The van der Waals surface area contributed by atoms with E-state index in [2.05, 4.69) is 4.98 Å². The molecule has 7 nitrogen and oxygen atoms in total. The maximum Gasteiger partial charge on any atom is 0.336 e. The molecule has 2 aromatic carbocycles. The highest BCUT2D eigenvalue weighted by Crippen LogP contribution is 2.32. The Balaban J connectivity index is 1.36. The molecule has 0 amide bonds. The van der Waals surface area contributed by atoms with E-state index in [0.717, 1.165) is 11.1 Å². The van der Waals surface area contributed by atoms with E-state index in [1.807, 2.05) is 24.3 Å². The number of aromatic nitrogens is 1. The Morgan fingerprint density at radius 1 is 0.931 bits per heavy atom. The van der Waals surface area contributed by atoms with Gasteiger partial charge in [-0.2, -0.15) is 4.31 Å². The first kappa shape index (κ1) is 18.1. The van der Waals surface area contributed by atoms with Crippen LogP contribution in [0.15, 0.2) is 73.1 Å². The lowest BCUT2D eigenvalue weighted by atomic mass is 9.98. The Hall–Kier alpha value is -2.97. The molecular weight excluding hydrogens is 392 g/mol. The summed E-state index contributed by atoms with van der Waals surface area (Å²) in [5, 5.41) is 0.576. The van der Waals surface area contributed by atoms with Gasteiger partial charge < -0.3 is 8.83 Å². The summed E-state index contributed by atoms with van der Waals surface area (Å²) in [4.78, 5) is 16.1. The zero-order valence-electron chi connectivity index (χ0n) is 15.4. The van der Waals surface area contributed by atoms with Crippen LogP contribution in [0.2, 0.25) is 0 Å². The van der Waals surface area contributed by atoms with Crippen LogP contribution in [0.1, 0.15) is 24.7 Å². The third-order valence-electron chi connectivity index (χ3n) is 5.34. The highest BCUT2D eigenvalue weighted by molar-refractivity contribution is 7.89. The van der Waals surface area contributed by atoms with Crippen molar-refractivity contribution in [3.05, 3.63) is 70.9 Å². The van der Waals surface area contributed by atoms with Gasteiger partial charge in [0.15, 0.2) is 11.5 Å². The molecule has 0 aliphatic carbocycles. The average Bonchev–Trinajstić information content (AvgIpc) is 3.17. The van der Waals surface area contributed by atoms with Gasteiger partial charge in [0.25, 0.3) is 0 Å². The van der Waals surface area contributed by atoms with Crippen molar-refractivity contribution in [2.45, 2.75) is 23.7 Å². The minimum Gasteiger partial charge on any atom is -0.440 e. The van der Waals surface area contributed by atoms with Crippen LogP contribution in [0.3, 0.4) is 0 Å².